The highest BCUT2D eigenvalue weighted by Gasteiger charge is 2.34. The first-order chi connectivity index (χ1) is 21.9. The summed E-state index contributed by atoms with van der Waals surface area (Å²) >= 11 is 1.33. The van der Waals surface area contributed by atoms with E-state index in [0.717, 1.165) is 34.6 Å². The molecule has 6 rings (SSSR count). The zero-order valence-corrected chi connectivity index (χ0v) is 26.7. The molecule has 3 aromatic carbocycles. The van der Waals surface area contributed by atoms with Gasteiger partial charge in [-0.15, -0.1) is 0 Å². The largest absolute Gasteiger partial charge is 0.489 e. The molecule has 1 aromatic heterocycles. The second-order valence-corrected chi connectivity index (χ2v) is 12.3. The zero-order chi connectivity index (χ0) is 31.5. The predicted molar refractivity (Wildman–Crippen MR) is 174 cm³/mol. The van der Waals surface area contributed by atoms with Gasteiger partial charge in [-0.3, -0.25) is 9.36 Å². The van der Waals surface area contributed by atoms with E-state index in [-0.39, 0.29) is 19.0 Å². The lowest BCUT2D eigenvalue weighted by atomic mass is 9.92. The Hall–Kier alpha value is -4.63. The molecule has 0 spiro atoms. The van der Waals surface area contributed by atoms with E-state index >= 15 is 0 Å². The first kappa shape index (κ1) is 30.4. The van der Waals surface area contributed by atoms with Crippen LogP contribution in [-0.2, 0) is 16.1 Å². The molecule has 2 aliphatic rings. The minimum Gasteiger partial charge on any atom is -0.489 e. The molecule has 2 aliphatic heterocycles. The van der Waals surface area contributed by atoms with Gasteiger partial charge in [-0.05, 0) is 71.9 Å². The number of carbonyl (C=O) groups is 1. The second-order valence-electron chi connectivity index (χ2n) is 11.3. The van der Waals surface area contributed by atoms with Crippen LogP contribution in [0.25, 0.3) is 6.08 Å². The Balaban J connectivity index is 1.33. The first-order valence-corrected chi connectivity index (χ1v) is 16.1. The predicted octanol–water partition coefficient (Wildman–Crippen LogP) is 6.01. The highest BCUT2D eigenvalue weighted by molar-refractivity contribution is 7.07. The van der Waals surface area contributed by atoms with Gasteiger partial charge in [0.2, 0.25) is 6.79 Å². The number of thiazole rings is 1. The molecule has 9 heteroatoms. The third-order valence-electron chi connectivity index (χ3n) is 7.83. The van der Waals surface area contributed by atoms with Crippen LogP contribution in [0, 0.1) is 0 Å². The van der Waals surface area contributed by atoms with Gasteiger partial charge in [0, 0.05) is 0 Å². The molecule has 232 valence electrons. The minimum atomic E-state index is -0.628. The molecule has 0 fully saturated rings. The molecule has 0 aliphatic carbocycles. The number of allylic oxidation sites excluding steroid dienone is 1. The van der Waals surface area contributed by atoms with Gasteiger partial charge in [0.15, 0.2) is 16.3 Å². The van der Waals surface area contributed by atoms with Gasteiger partial charge in [0.25, 0.3) is 5.56 Å². The fourth-order valence-electron chi connectivity index (χ4n) is 5.51. The minimum absolute atomic E-state index is 0.197. The van der Waals surface area contributed by atoms with Crippen LogP contribution in [0.3, 0.4) is 0 Å². The molecule has 0 unspecified atom stereocenters. The number of carbonyl (C=O) groups excluding carboxylic acids is 1. The van der Waals surface area contributed by atoms with Crippen molar-refractivity contribution in [2.75, 3.05) is 13.4 Å². The van der Waals surface area contributed by atoms with Gasteiger partial charge >= 0.3 is 5.97 Å². The van der Waals surface area contributed by atoms with Crippen molar-refractivity contribution in [1.82, 2.24) is 4.57 Å². The lowest BCUT2D eigenvalue weighted by Crippen LogP contribution is -2.40. The van der Waals surface area contributed by atoms with E-state index in [2.05, 4.69) is 32.9 Å². The fraction of sp³-hybridized carbons (Fsp3) is 0.306. The summed E-state index contributed by atoms with van der Waals surface area (Å²) in [5.41, 5.74) is 4.77. The normalized spacial score (nSPS) is 15.7. The number of nitrogens with zero attached hydrogens (tertiary/aromatic N) is 2. The maximum Gasteiger partial charge on any atom is 0.338 e. The van der Waals surface area contributed by atoms with Crippen molar-refractivity contribution in [3.05, 3.63) is 120 Å². The van der Waals surface area contributed by atoms with Crippen LogP contribution in [0.5, 0.6) is 17.2 Å². The van der Waals surface area contributed by atoms with Gasteiger partial charge in [-0.2, -0.15) is 0 Å². The summed E-state index contributed by atoms with van der Waals surface area (Å²) in [5, 5.41) is 0. The zero-order valence-electron chi connectivity index (χ0n) is 25.9. The summed E-state index contributed by atoms with van der Waals surface area (Å²) in [6, 6.07) is 20.9. The Morgan fingerprint density at radius 1 is 1.04 bits per heavy atom. The molecule has 0 amide bonds. The summed E-state index contributed by atoms with van der Waals surface area (Å²) in [4.78, 5) is 32.9. The van der Waals surface area contributed by atoms with E-state index in [0.29, 0.717) is 45.3 Å². The molecule has 0 saturated carbocycles. The number of ether oxygens (including phenoxy) is 4. The van der Waals surface area contributed by atoms with Crippen LogP contribution in [-0.4, -0.2) is 23.9 Å². The Bertz CT molecular complexity index is 1920. The van der Waals surface area contributed by atoms with E-state index in [1.54, 1.807) is 11.5 Å². The van der Waals surface area contributed by atoms with Crippen LogP contribution < -0.4 is 29.1 Å². The molecule has 0 saturated heterocycles. The SMILES string of the molecule is CCCC1=C(C(=O)OCC)[C@H](c2ccc(C(C)C)cc2)n2c(s/c(=C\c3ccc(OCc4ccc5c(c4)OCO5)cc3)c2=O)=N1. The molecule has 4 aromatic rings. The summed E-state index contributed by atoms with van der Waals surface area (Å²) in [6.07, 6.45) is 3.27. The van der Waals surface area contributed by atoms with Crippen LogP contribution in [0.2, 0.25) is 0 Å². The lowest BCUT2D eigenvalue weighted by Gasteiger charge is -2.26. The molecule has 0 bridgehead atoms. The van der Waals surface area contributed by atoms with Crippen LogP contribution in [0.15, 0.2) is 87.8 Å². The molecular formula is C36H36N2O6S. The average Bonchev–Trinajstić information content (AvgIpc) is 3.64. The Morgan fingerprint density at radius 2 is 1.80 bits per heavy atom. The summed E-state index contributed by atoms with van der Waals surface area (Å²) in [6.45, 7) is 8.97. The quantitative estimate of drug-likeness (QED) is 0.201. The van der Waals surface area contributed by atoms with Crippen molar-refractivity contribution in [3.63, 3.8) is 0 Å². The Kier molecular flexibility index (Phi) is 8.89. The van der Waals surface area contributed by atoms with Crippen molar-refractivity contribution in [2.45, 2.75) is 59.1 Å². The van der Waals surface area contributed by atoms with E-state index in [9.17, 15) is 9.59 Å². The molecule has 0 radical (unpaired) electrons. The van der Waals surface area contributed by atoms with Crippen LogP contribution >= 0.6 is 11.3 Å². The maximum atomic E-state index is 14.0. The molecule has 45 heavy (non-hydrogen) atoms. The van der Waals surface area contributed by atoms with Gasteiger partial charge in [-0.25, -0.2) is 9.79 Å². The van der Waals surface area contributed by atoms with Crippen molar-refractivity contribution in [1.29, 1.82) is 0 Å². The average molecular weight is 625 g/mol. The van der Waals surface area contributed by atoms with Gasteiger partial charge in [-0.1, -0.05) is 81.0 Å². The third-order valence-corrected chi connectivity index (χ3v) is 8.81. The monoisotopic (exact) mass is 624 g/mol. The molecule has 8 nitrogen and oxygen atoms in total. The van der Waals surface area contributed by atoms with Gasteiger partial charge in [0.05, 0.1) is 28.5 Å². The number of esters is 1. The first-order valence-electron chi connectivity index (χ1n) is 15.3. The van der Waals surface area contributed by atoms with E-state index in [1.807, 2.05) is 60.7 Å². The highest BCUT2D eigenvalue weighted by Crippen LogP contribution is 2.34. The smallest absolute Gasteiger partial charge is 0.338 e. The van der Waals surface area contributed by atoms with Gasteiger partial charge in [0.1, 0.15) is 12.4 Å². The topological polar surface area (TPSA) is 88.4 Å². The Labute approximate surface area is 265 Å². The third kappa shape index (κ3) is 6.31. The van der Waals surface area contributed by atoms with Crippen LogP contribution in [0.1, 0.15) is 74.8 Å². The molecule has 0 N–H and O–H groups in total. The number of fused-ring (bicyclic) bond motifs is 2. The van der Waals surface area contributed by atoms with E-state index in [4.69, 9.17) is 23.9 Å². The maximum absolute atomic E-state index is 14.0. The lowest BCUT2D eigenvalue weighted by molar-refractivity contribution is -0.139. The summed E-state index contributed by atoms with van der Waals surface area (Å²) in [5.74, 6) is 2.09. The molecular weight excluding hydrogens is 588 g/mol. The fourth-order valence-corrected chi connectivity index (χ4v) is 6.53. The summed E-state index contributed by atoms with van der Waals surface area (Å²) < 4.78 is 24.5. The number of aromatic nitrogens is 1. The standard InChI is InChI=1S/C36H36N2O6S/c1-5-7-28-32(35(40)41-6-2)33(26-13-11-25(12-14-26)22(3)4)38-34(39)31(45-36(38)37-28)19-23-8-15-27(16-9-23)42-20-24-10-17-29-30(18-24)44-21-43-29/h8-19,22,33H,5-7,20-21H2,1-4H3/b31-19-/t33-/m0/s1. The van der Waals surface area contributed by atoms with Crippen molar-refractivity contribution in [2.24, 2.45) is 4.99 Å². The van der Waals surface area contributed by atoms with Gasteiger partial charge < -0.3 is 18.9 Å². The van der Waals surface area contributed by atoms with Crippen LogP contribution in [0.4, 0.5) is 0 Å². The Morgan fingerprint density at radius 3 is 2.51 bits per heavy atom. The van der Waals surface area contributed by atoms with Crippen molar-refractivity contribution < 1.29 is 23.7 Å². The highest BCUT2D eigenvalue weighted by atomic mass is 32.1. The number of hydrogen-bond donors (Lipinski definition) is 0. The number of hydrogen-bond acceptors (Lipinski definition) is 8. The molecule has 3 heterocycles. The van der Waals surface area contributed by atoms with E-state index < -0.39 is 12.0 Å². The van der Waals surface area contributed by atoms with Crippen molar-refractivity contribution >= 4 is 23.4 Å². The second kappa shape index (κ2) is 13.2. The molecule has 1 atom stereocenters. The van der Waals surface area contributed by atoms with E-state index in [1.165, 1.54) is 16.9 Å². The van der Waals surface area contributed by atoms with Crippen molar-refractivity contribution in [3.8, 4) is 17.2 Å². The number of benzene rings is 3. The summed E-state index contributed by atoms with van der Waals surface area (Å²) in [7, 11) is 0. The number of rotatable bonds is 10.